The second-order valence-electron chi connectivity index (χ2n) is 12.4. The third-order valence-electron chi connectivity index (χ3n) is 9.50. The Labute approximate surface area is 282 Å². The monoisotopic (exact) mass is 628 g/mol. The van der Waals surface area contributed by atoms with Gasteiger partial charge in [-0.1, -0.05) is 91.0 Å². The van der Waals surface area contributed by atoms with Crippen molar-refractivity contribution in [2.45, 2.75) is 0 Å². The number of anilines is 3. The maximum atomic E-state index is 6.33. The number of hydrogen-bond acceptors (Lipinski definition) is 4. The molecule has 0 aliphatic rings. The summed E-state index contributed by atoms with van der Waals surface area (Å²) in [5.74, 6) is 0. The van der Waals surface area contributed by atoms with Gasteiger partial charge in [-0.25, -0.2) is 0 Å². The molecule has 230 valence electrons. The van der Waals surface area contributed by atoms with Crippen LogP contribution in [0.3, 0.4) is 0 Å². The molecule has 0 aliphatic carbocycles. The van der Waals surface area contributed by atoms with Crippen molar-refractivity contribution in [3.63, 3.8) is 0 Å². The van der Waals surface area contributed by atoms with Crippen LogP contribution in [-0.4, -0.2) is 4.98 Å². The molecule has 0 radical (unpaired) electrons. The van der Waals surface area contributed by atoms with E-state index < -0.39 is 0 Å². The molecule has 4 heteroatoms. The number of rotatable bonds is 5. The fourth-order valence-corrected chi connectivity index (χ4v) is 7.15. The third kappa shape index (κ3) is 4.57. The van der Waals surface area contributed by atoms with Crippen LogP contribution in [0, 0.1) is 0 Å². The van der Waals surface area contributed by atoms with E-state index in [2.05, 4.69) is 143 Å². The summed E-state index contributed by atoms with van der Waals surface area (Å²) in [7, 11) is 0. The Kier molecular flexibility index (Phi) is 6.15. The summed E-state index contributed by atoms with van der Waals surface area (Å²) < 4.78 is 12.5. The Morgan fingerprint density at radius 2 is 1.06 bits per heavy atom. The normalized spacial score (nSPS) is 11.7. The van der Waals surface area contributed by atoms with Crippen molar-refractivity contribution < 1.29 is 8.83 Å². The molecule has 3 aromatic heterocycles. The van der Waals surface area contributed by atoms with Gasteiger partial charge >= 0.3 is 0 Å². The molecular weight excluding hydrogens is 601 g/mol. The largest absolute Gasteiger partial charge is 0.456 e. The number of pyridine rings is 1. The van der Waals surface area contributed by atoms with Gasteiger partial charge in [0.15, 0.2) is 5.58 Å². The lowest BCUT2D eigenvalue weighted by atomic mass is 9.98. The topological polar surface area (TPSA) is 42.4 Å². The lowest BCUT2D eigenvalue weighted by Gasteiger charge is -2.26. The van der Waals surface area contributed by atoms with E-state index in [9.17, 15) is 0 Å². The molecule has 0 spiro atoms. The minimum Gasteiger partial charge on any atom is -0.456 e. The summed E-state index contributed by atoms with van der Waals surface area (Å²) in [5, 5.41) is 5.58. The maximum absolute atomic E-state index is 6.33. The number of aromatic nitrogens is 1. The predicted octanol–water partition coefficient (Wildman–Crippen LogP) is 12.8. The molecule has 0 aliphatic heterocycles. The molecule has 10 aromatic rings. The van der Waals surface area contributed by atoms with Crippen LogP contribution >= 0.6 is 0 Å². The van der Waals surface area contributed by atoms with E-state index >= 15 is 0 Å². The highest BCUT2D eigenvalue weighted by Crippen LogP contribution is 2.41. The summed E-state index contributed by atoms with van der Waals surface area (Å²) in [6.45, 7) is 0. The van der Waals surface area contributed by atoms with Crippen molar-refractivity contribution in [2.24, 2.45) is 0 Å². The number of nitrogens with zero attached hydrogens (tertiary/aromatic N) is 2. The molecule has 4 nitrogen and oxygen atoms in total. The zero-order valence-corrected chi connectivity index (χ0v) is 26.4. The fourth-order valence-electron chi connectivity index (χ4n) is 7.15. The van der Waals surface area contributed by atoms with E-state index in [0.717, 1.165) is 88.5 Å². The number of benzene rings is 7. The fraction of sp³-hybridized carbons (Fsp3) is 0. The molecule has 0 saturated carbocycles. The summed E-state index contributed by atoms with van der Waals surface area (Å²) in [6, 6.07) is 57.4. The van der Waals surface area contributed by atoms with Gasteiger partial charge in [0.25, 0.3) is 0 Å². The zero-order chi connectivity index (χ0) is 32.3. The third-order valence-corrected chi connectivity index (χ3v) is 9.50. The Morgan fingerprint density at radius 1 is 0.388 bits per heavy atom. The van der Waals surface area contributed by atoms with Crippen LogP contribution in [0.15, 0.2) is 179 Å². The van der Waals surface area contributed by atoms with Crippen LogP contribution < -0.4 is 4.90 Å². The lowest BCUT2D eigenvalue weighted by molar-refractivity contribution is 0.668. The van der Waals surface area contributed by atoms with Crippen molar-refractivity contribution in [3.8, 4) is 22.3 Å². The van der Waals surface area contributed by atoms with Crippen LogP contribution in [0.1, 0.15) is 0 Å². The van der Waals surface area contributed by atoms with Crippen LogP contribution in [0.5, 0.6) is 0 Å². The van der Waals surface area contributed by atoms with E-state index in [0.29, 0.717) is 0 Å². The number of furan rings is 2. The Morgan fingerprint density at radius 3 is 1.98 bits per heavy atom. The minimum atomic E-state index is 0.803. The van der Waals surface area contributed by atoms with Crippen LogP contribution in [0.2, 0.25) is 0 Å². The average molecular weight is 629 g/mol. The molecule has 0 N–H and O–H groups in total. The highest BCUT2D eigenvalue weighted by Gasteiger charge is 2.17. The molecule has 0 saturated heterocycles. The number of hydrogen-bond donors (Lipinski definition) is 0. The number of para-hydroxylation sites is 1. The Hall–Kier alpha value is -6.65. The van der Waals surface area contributed by atoms with E-state index in [1.54, 1.807) is 0 Å². The van der Waals surface area contributed by atoms with Gasteiger partial charge in [0, 0.05) is 40.1 Å². The van der Waals surface area contributed by atoms with Crippen molar-refractivity contribution in [1.82, 2.24) is 4.98 Å². The molecule has 3 heterocycles. The first-order valence-corrected chi connectivity index (χ1v) is 16.4. The summed E-state index contributed by atoms with van der Waals surface area (Å²) in [6.07, 6.45) is 1.83. The Balaban J connectivity index is 1.10. The van der Waals surface area contributed by atoms with Gasteiger partial charge < -0.3 is 13.7 Å². The second kappa shape index (κ2) is 11.0. The summed E-state index contributed by atoms with van der Waals surface area (Å²) in [4.78, 5) is 6.96. The van der Waals surface area contributed by atoms with E-state index in [-0.39, 0.29) is 0 Å². The standard InChI is InChI=1S/C45H28N2O2/c1-2-8-29(9-3-1)32-10-6-11-35(26-32)47(36-22-23-38-37-12-4-5-13-40(37)48-43(38)28-36)34-20-17-30(18-21-34)33-16-15-31-19-24-41-44(39(31)27-33)45-42(49-41)14-7-25-46-45/h1-28H. The first kappa shape index (κ1) is 27.5. The molecular formula is C45H28N2O2. The maximum Gasteiger partial charge on any atom is 0.153 e. The second-order valence-corrected chi connectivity index (χ2v) is 12.4. The molecule has 0 unspecified atom stereocenters. The summed E-state index contributed by atoms with van der Waals surface area (Å²) >= 11 is 0. The van der Waals surface area contributed by atoms with Crippen molar-refractivity contribution in [1.29, 1.82) is 0 Å². The minimum absolute atomic E-state index is 0.803. The zero-order valence-electron chi connectivity index (χ0n) is 26.4. The van der Waals surface area contributed by atoms with Gasteiger partial charge in [0.05, 0.1) is 5.39 Å². The molecule has 10 rings (SSSR count). The SMILES string of the molecule is c1ccc(-c2cccc(N(c3ccc(-c4ccc5ccc6oc7cccnc7c6c5c4)cc3)c3ccc4c(c3)oc3ccccc34)c2)cc1. The van der Waals surface area contributed by atoms with Gasteiger partial charge in [-0.15, -0.1) is 0 Å². The quantitative estimate of drug-likeness (QED) is 0.190. The molecule has 0 fully saturated rings. The van der Waals surface area contributed by atoms with E-state index in [4.69, 9.17) is 8.83 Å². The van der Waals surface area contributed by atoms with Crippen molar-refractivity contribution in [3.05, 3.63) is 170 Å². The van der Waals surface area contributed by atoms with Crippen LogP contribution in [0.4, 0.5) is 17.1 Å². The highest BCUT2D eigenvalue weighted by molar-refractivity contribution is 6.18. The van der Waals surface area contributed by atoms with Gasteiger partial charge in [-0.3, -0.25) is 4.98 Å². The molecule has 49 heavy (non-hydrogen) atoms. The number of fused-ring (bicyclic) bond motifs is 8. The smallest absolute Gasteiger partial charge is 0.153 e. The van der Waals surface area contributed by atoms with E-state index in [1.165, 1.54) is 5.56 Å². The Bertz CT molecular complexity index is 2830. The van der Waals surface area contributed by atoms with Gasteiger partial charge in [0.2, 0.25) is 0 Å². The molecule has 0 atom stereocenters. The molecule has 7 aromatic carbocycles. The van der Waals surface area contributed by atoms with Gasteiger partial charge in [0.1, 0.15) is 22.3 Å². The molecule has 0 amide bonds. The predicted molar refractivity (Wildman–Crippen MR) is 202 cm³/mol. The molecule has 0 bridgehead atoms. The van der Waals surface area contributed by atoms with E-state index in [1.807, 2.05) is 36.5 Å². The van der Waals surface area contributed by atoms with Gasteiger partial charge in [-0.2, -0.15) is 0 Å². The first-order chi connectivity index (χ1) is 24.3. The summed E-state index contributed by atoms with van der Waals surface area (Å²) in [5.41, 5.74) is 12.1. The van der Waals surface area contributed by atoms with Crippen molar-refractivity contribution >= 4 is 71.8 Å². The average Bonchev–Trinajstić information content (AvgIpc) is 3.74. The highest BCUT2D eigenvalue weighted by atomic mass is 16.3. The van der Waals surface area contributed by atoms with Crippen molar-refractivity contribution in [2.75, 3.05) is 4.90 Å². The van der Waals surface area contributed by atoms with Crippen LogP contribution in [-0.2, 0) is 0 Å². The first-order valence-electron chi connectivity index (χ1n) is 16.4. The van der Waals surface area contributed by atoms with Gasteiger partial charge in [-0.05, 0) is 99.8 Å². The van der Waals surface area contributed by atoms with Crippen LogP contribution in [0.25, 0.3) is 77.0 Å². The lowest BCUT2D eigenvalue weighted by Crippen LogP contribution is -2.10.